The number of nitrogens with two attached hydrogens (primary N) is 1. The van der Waals surface area contributed by atoms with Crippen LogP contribution in [-0.4, -0.2) is 29.1 Å². The van der Waals surface area contributed by atoms with Crippen molar-refractivity contribution in [2.45, 2.75) is 18.9 Å². The number of hydrogen-bond acceptors (Lipinski definition) is 4. The van der Waals surface area contributed by atoms with E-state index >= 15 is 0 Å². The zero-order valence-corrected chi connectivity index (χ0v) is 16.3. The van der Waals surface area contributed by atoms with Gasteiger partial charge in [0.2, 0.25) is 5.91 Å². The van der Waals surface area contributed by atoms with E-state index in [1.54, 1.807) is 18.5 Å². The number of hydrazone groups is 1. The molecule has 1 aliphatic carbocycles. The molecule has 0 radical (unpaired) electrons. The van der Waals surface area contributed by atoms with Crippen molar-refractivity contribution in [2.24, 2.45) is 16.8 Å². The monoisotopic (exact) mass is 409 g/mol. The zero-order valence-electron chi connectivity index (χ0n) is 15.4. The predicted octanol–water partition coefficient (Wildman–Crippen LogP) is 2.35. The maximum Gasteiger partial charge on any atom is 0.272 e. The molecule has 8 heteroatoms. The average Bonchev–Trinajstić information content (AvgIpc) is 3.26. The lowest BCUT2D eigenvalue weighted by Gasteiger charge is -2.18. The van der Waals surface area contributed by atoms with E-state index in [1.807, 2.05) is 18.2 Å². The Balaban J connectivity index is 0.00000205. The van der Waals surface area contributed by atoms with Crippen molar-refractivity contribution in [1.82, 2.24) is 10.4 Å². The van der Waals surface area contributed by atoms with Gasteiger partial charge in [-0.25, -0.2) is 5.43 Å². The van der Waals surface area contributed by atoms with Gasteiger partial charge in [0.25, 0.3) is 5.91 Å². The first-order valence-electron chi connectivity index (χ1n) is 9.22. The van der Waals surface area contributed by atoms with Crippen molar-refractivity contribution in [3.05, 3.63) is 64.8 Å². The Hall–Kier alpha value is -3.16. The number of carbonyl (C=O) groups excluding carboxylic acids is 2. The smallest absolute Gasteiger partial charge is 0.272 e. The summed E-state index contributed by atoms with van der Waals surface area (Å²) in [5, 5.41) is 7.57. The number of carbonyl (C=O) groups is 2. The third-order valence-electron chi connectivity index (χ3n) is 5.59. The highest BCUT2D eigenvalue weighted by atomic mass is 35.5. The second-order valence-electron chi connectivity index (χ2n) is 7.34. The maximum atomic E-state index is 12.8. The van der Waals surface area contributed by atoms with E-state index in [9.17, 15) is 9.59 Å². The molecular weight excluding hydrogens is 390 g/mol. The van der Waals surface area contributed by atoms with Crippen LogP contribution < -0.4 is 16.5 Å². The van der Waals surface area contributed by atoms with E-state index in [4.69, 9.17) is 5.73 Å². The molecule has 0 saturated heterocycles. The molecule has 0 fully saturated rings. The van der Waals surface area contributed by atoms with Gasteiger partial charge in [-0.1, -0.05) is 24.3 Å². The fraction of sp³-hybridized carbons (Fsp3) is 0.190. The Morgan fingerprint density at radius 2 is 1.93 bits per heavy atom. The highest BCUT2D eigenvalue weighted by Gasteiger charge is 2.31. The summed E-state index contributed by atoms with van der Waals surface area (Å²) in [5.74, 6) is -0.496. The summed E-state index contributed by atoms with van der Waals surface area (Å²) in [5.41, 5.74) is 13.8. The van der Waals surface area contributed by atoms with Gasteiger partial charge in [0, 0.05) is 28.4 Å². The molecule has 2 amide bonds. The number of nitrogens with one attached hydrogen (secondary N) is 3. The largest absolute Gasteiger partial charge is 0.360 e. The number of benzene rings is 2. The SMILES string of the molecule is Cl.NC(C(=O)Nc1cc2c3c(c[nH]c3c1)C=NNC2=O)C1Cc2ccccc2C1. The van der Waals surface area contributed by atoms with Gasteiger partial charge >= 0.3 is 0 Å². The van der Waals surface area contributed by atoms with E-state index in [2.05, 4.69) is 33.0 Å². The van der Waals surface area contributed by atoms with Gasteiger partial charge in [0.1, 0.15) is 0 Å². The molecule has 5 N–H and O–H groups in total. The van der Waals surface area contributed by atoms with Gasteiger partial charge in [-0.15, -0.1) is 12.4 Å². The lowest BCUT2D eigenvalue weighted by atomic mass is 9.96. The molecule has 29 heavy (non-hydrogen) atoms. The predicted molar refractivity (Wildman–Crippen MR) is 115 cm³/mol. The number of anilines is 1. The second kappa shape index (κ2) is 7.35. The van der Waals surface area contributed by atoms with Crippen LogP contribution in [0, 0.1) is 5.92 Å². The van der Waals surface area contributed by atoms with Crippen LogP contribution in [0.4, 0.5) is 5.69 Å². The molecule has 1 atom stereocenters. The number of rotatable bonds is 3. The number of hydrogen-bond donors (Lipinski definition) is 4. The van der Waals surface area contributed by atoms with E-state index in [0.29, 0.717) is 11.3 Å². The fourth-order valence-electron chi connectivity index (χ4n) is 4.15. The number of aromatic amines is 1. The molecule has 2 aliphatic rings. The number of fused-ring (bicyclic) bond motifs is 1. The van der Waals surface area contributed by atoms with Gasteiger partial charge < -0.3 is 16.0 Å². The van der Waals surface area contributed by atoms with Gasteiger partial charge in [-0.3, -0.25) is 9.59 Å². The normalized spacial score (nSPS) is 16.0. The van der Waals surface area contributed by atoms with Gasteiger partial charge in [-0.2, -0.15) is 5.10 Å². The minimum atomic E-state index is -0.626. The summed E-state index contributed by atoms with van der Waals surface area (Å²) in [6.45, 7) is 0. The summed E-state index contributed by atoms with van der Waals surface area (Å²) >= 11 is 0. The van der Waals surface area contributed by atoms with Gasteiger partial charge in [-0.05, 0) is 42.0 Å². The number of amides is 2. The molecular formula is C21H20ClN5O2. The standard InChI is InChI=1S/C21H19N5O2.ClH/c22-19(13-5-11-3-1-2-4-12(11)6-13)21(28)25-15-7-16-18-14(9-23-17(18)8-15)10-24-26-20(16)27;/h1-4,7-10,13,19,23H,5-6,22H2,(H,25,28)(H,26,27);1H. The molecule has 0 saturated carbocycles. The average molecular weight is 410 g/mol. The van der Waals surface area contributed by atoms with Gasteiger partial charge in [0.15, 0.2) is 0 Å². The molecule has 7 nitrogen and oxygen atoms in total. The Morgan fingerprint density at radius 1 is 1.21 bits per heavy atom. The number of nitrogens with zero attached hydrogens (tertiary/aromatic N) is 1. The van der Waals surface area contributed by atoms with E-state index in [1.165, 1.54) is 11.1 Å². The quantitative estimate of drug-likeness (QED) is 0.532. The van der Waals surface area contributed by atoms with Crippen molar-refractivity contribution in [3.63, 3.8) is 0 Å². The minimum absolute atomic E-state index is 0. The molecule has 5 rings (SSSR count). The highest BCUT2D eigenvalue weighted by molar-refractivity contribution is 6.15. The molecule has 0 spiro atoms. The first-order valence-corrected chi connectivity index (χ1v) is 9.22. The van der Waals surface area contributed by atoms with Crippen molar-refractivity contribution < 1.29 is 9.59 Å². The summed E-state index contributed by atoms with van der Waals surface area (Å²) in [7, 11) is 0. The van der Waals surface area contributed by atoms with Crippen LogP contribution in [0.2, 0.25) is 0 Å². The summed E-state index contributed by atoms with van der Waals surface area (Å²) in [6, 6.07) is 11.0. The van der Waals surface area contributed by atoms with Crippen LogP contribution >= 0.6 is 12.4 Å². The van der Waals surface area contributed by atoms with Crippen LogP contribution in [0.3, 0.4) is 0 Å². The van der Waals surface area contributed by atoms with Crippen LogP contribution in [-0.2, 0) is 17.6 Å². The first-order chi connectivity index (χ1) is 13.6. The lowest BCUT2D eigenvalue weighted by Crippen LogP contribution is -2.42. The molecule has 3 aromatic rings. The Bertz CT molecular complexity index is 1130. The van der Waals surface area contributed by atoms with E-state index < -0.39 is 6.04 Å². The topological polar surface area (TPSA) is 112 Å². The summed E-state index contributed by atoms with van der Waals surface area (Å²) in [4.78, 5) is 28.2. The third-order valence-corrected chi connectivity index (χ3v) is 5.59. The van der Waals surface area contributed by atoms with Crippen LogP contribution in [0.5, 0.6) is 0 Å². The number of H-pyrrole nitrogens is 1. The Morgan fingerprint density at radius 3 is 2.66 bits per heavy atom. The number of halogens is 1. The van der Waals surface area contributed by atoms with Crippen LogP contribution in [0.15, 0.2) is 47.7 Å². The summed E-state index contributed by atoms with van der Waals surface area (Å²) < 4.78 is 0. The molecule has 2 aromatic carbocycles. The Kier molecular flexibility index (Phi) is 4.86. The molecule has 1 aliphatic heterocycles. The van der Waals surface area contributed by atoms with Crippen LogP contribution in [0.25, 0.3) is 10.9 Å². The molecule has 0 bridgehead atoms. The van der Waals surface area contributed by atoms with Crippen molar-refractivity contribution in [1.29, 1.82) is 0 Å². The van der Waals surface area contributed by atoms with Crippen molar-refractivity contribution >= 4 is 47.0 Å². The number of aromatic nitrogens is 1. The Labute approximate surface area is 173 Å². The maximum absolute atomic E-state index is 12.8. The third kappa shape index (κ3) is 3.28. The van der Waals surface area contributed by atoms with E-state index in [-0.39, 0.29) is 30.1 Å². The minimum Gasteiger partial charge on any atom is -0.360 e. The highest BCUT2D eigenvalue weighted by Crippen LogP contribution is 2.30. The lowest BCUT2D eigenvalue weighted by molar-refractivity contribution is -0.118. The second-order valence-corrected chi connectivity index (χ2v) is 7.34. The molecule has 2 heterocycles. The van der Waals surface area contributed by atoms with E-state index in [0.717, 1.165) is 29.3 Å². The van der Waals surface area contributed by atoms with Crippen molar-refractivity contribution in [3.8, 4) is 0 Å². The zero-order chi connectivity index (χ0) is 19.3. The molecule has 148 valence electrons. The summed E-state index contributed by atoms with van der Waals surface area (Å²) in [6.07, 6.45) is 4.98. The van der Waals surface area contributed by atoms with Gasteiger partial charge in [0.05, 0.1) is 17.8 Å². The van der Waals surface area contributed by atoms with Crippen LogP contribution in [0.1, 0.15) is 27.0 Å². The first kappa shape index (κ1) is 19.2. The molecule has 1 unspecified atom stereocenters. The fourth-order valence-corrected chi connectivity index (χ4v) is 4.15. The van der Waals surface area contributed by atoms with Crippen molar-refractivity contribution in [2.75, 3.05) is 5.32 Å². The molecule has 1 aromatic heterocycles.